The van der Waals surface area contributed by atoms with Gasteiger partial charge in [0.25, 0.3) is 5.91 Å². The van der Waals surface area contributed by atoms with Crippen LogP contribution < -0.4 is 9.46 Å². The summed E-state index contributed by atoms with van der Waals surface area (Å²) in [6.45, 7) is 0. The summed E-state index contributed by atoms with van der Waals surface area (Å²) in [5, 5.41) is 0.0290. The molecule has 4 aliphatic rings. The van der Waals surface area contributed by atoms with E-state index in [0.29, 0.717) is 17.1 Å². The molecule has 5 rings (SSSR count). The minimum absolute atomic E-state index is 0.0111. The Morgan fingerprint density at radius 2 is 1.70 bits per heavy atom. The number of halogens is 1. The van der Waals surface area contributed by atoms with Crippen LogP contribution in [0.3, 0.4) is 0 Å². The molecule has 6 heteroatoms. The van der Waals surface area contributed by atoms with Crippen molar-refractivity contribution in [2.24, 2.45) is 5.41 Å². The maximum atomic E-state index is 14.8. The van der Waals surface area contributed by atoms with Gasteiger partial charge in [0.2, 0.25) is 0 Å². The fourth-order valence-corrected chi connectivity index (χ4v) is 6.40. The van der Waals surface area contributed by atoms with Gasteiger partial charge < -0.3 is 4.74 Å². The van der Waals surface area contributed by atoms with E-state index in [2.05, 4.69) is 4.72 Å². The van der Waals surface area contributed by atoms with Crippen molar-refractivity contribution in [3.8, 4) is 5.75 Å². The lowest BCUT2D eigenvalue weighted by atomic mass is 9.65. The number of carbonyl (C=O) groups is 1. The second kappa shape index (κ2) is 8.25. The number of amides is 1. The third kappa shape index (κ3) is 4.44. The molecular formula is C24H32FNO3S. The molecule has 4 fully saturated rings. The fraction of sp³-hybridized carbons (Fsp3) is 0.708. The molecular weight excluding hydrogens is 401 g/mol. The van der Waals surface area contributed by atoms with Gasteiger partial charge in [0.1, 0.15) is 22.6 Å². The van der Waals surface area contributed by atoms with E-state index < -0.39 is 22.7 Å². The topological polar surface area (TPSA) is 55.4 Å². The van der Waals surface area contributed by atoms with Gasteiger partial charge in [0.05, 0.1) is 16.9 Å². The van der Waals surface area contributed by atoms with Crippen molar-refractivity contribution < 1.29 is 18.1 Å². The maximum Gasteiger partial charge on any atom is 0.265 e. The first-order valence-electron chi connectivity index (χ1n) is 11.7. The Morgan fingerprint density at radius 3 is 2.33 bits per heavy atom. The number of nitrogens with one attached hydrogen (secondary N) is 1. The highest BCUT2D eigenvalue weighted by atomic mass is 32.2. The van der Waals surface area contributed by atoms with Crippen molar-refractivity contribution in [1.29, 1.82) is 0 Å². The minimum Gasteiger partial charge on any atom is -0.490 e. The molecule has 1 aromatic rings. The van der Waals surface area contributed by atoms with Gasteiger partial charge in [-0.2, -0.15) is 0 Å². The summed E-state index contributed by atoms with van der Waals surface area (Å²) in [5.41, 5.74) is 1.46. The van der Waals surface area contributed by atoms with Crippen LogP contribution in [0.4, 0.5) is 4.39 Å². The lowest BCUT2D eigenvalue weighted by Crippen LogP contribution is -2.34. The van der Waals surface area contributed by atoms with Crippen LogP contribution in [0.2, 0.25) is 0 Å². The highest BCUT2D eigenvalue weighted by Crippen LogP contribution is 2.49. The summed E-state index contributed by atoms with van der Waals surface area (Å²) in [5.74, 6) is -0.212. The van der Waals surface area contributed by atoms with Crippen LogP contribution >= 0.6 is 0 Å². The number of hydrogen-bond donors (Lipinski definition) is 1. The summed E-state index contributed by atoms with van der Waals surface area (Å²) in [4.78, 5) is 12.5. The molecule has 4 aliphatic carbocycles. The number of benzene rings is 1. The Bertz CT molecular complexity index is 833. The molecule has 1 unspecified atom stereocenters. The van der Waals surface area contributed by atoms with E-state index in [1.165, 1.54) is 51.0 Å². The lowest BCUT2D eigenvalue weighted by molar-refractivity contribution is 0.0517. The van der Waals surface area contributed by atoms with E-state index in [0.717, 1.165) is 44.1 Å². The number of ether oxygens (including phenoxy) is 1. The van der Waals surface area contributed by atoms with Gasteiger partial charge in [-0.1, -0.05) is 19.3 Å². The van der Waals surface area contributed by atoms with E-state index in [-0.39, 0.29) is 16.9 Å². The standard InChI is InChI=1S/C24H32FNO3S/c25-21-15-22(29-17-8-12-24(13-9-17)10-2-1-3-11-24)19(16-4-5-16)14-20(21)23(27)26-30(28)18-6-7-18/h14-18H,1-13H2,(H,26,27). The monoisotopic (exact) mass is 433 g/mol. The summed E-state index contributed by atoms with van der Waals surface area (Å²) in [6, 6.07) is 3.04. The lowest BCUT2D eigenvalue weighted by Gasteiger charge is -2.43. The fourth-order valence-electron chi connectivity index (χ4n) is 5.38. The summed E-state index contributed by atoms with van der Waals surface area (Å²) in [6.07, 6.45) is 15.3. The molecule has 1 spiro atoms. The smallest absolute Gasteiger partial charge is 0.265 e. The molecule has 1 atom stereocenters. The quantitative estimate of drug-likeness (QED) is 0.642. The predicted molar refractivity (Wildman–Crippen MR) is 115 cm³/mol. The molecule has 0 radical (unpaired) electrons. The number of carbonyl (C=O) groups excluding carboxylic acids is 1. The summed E-state index contributed by atoms with van der Waals surface area (Å²) < 4.78 is 35.7. The predicted octanol–water partition coefficient (Wildman–Crippen LogP) is 5.53. The second-order valence-electron chi connectivity index (χ2n) is 9.95. The number of hydrogen-bond acceptors (Lipinski definition) is 3. The third-order valence-electron chi connectivity index (χ3n) is 7.58. The normalized spacial score (nSPS) is 25.1. The van der Waals surface area contributed by atoms with Gasteiger partial charge in [-0.05, 0) is 87.2 Å². The van der Waals surface area contributed by atoms with Crippen molar-refractivity contribution >= 4 is 16.9 Å². The van der Waals surface area contributed by atoms with Crippen molar-refractivity contribution in [3.05, 3.63) is 29.1 Å². The van der Waals surface area contributed by atoms with Crippen molar-refractivity contribution in [3.63, 3.8) is 0 Å². The van der Waals surface area contributed by atoms with Crippen LogP contribution in [0.25, 0.3) is 0 Å². The zero-order chi connectivity index (χ0) is 20.7. The SMILES string of the molecule is O=C(NS(=O)C1CC1)c1cc(C2CC2)c(OC2CCC3(CCCCC3)CC2)cc1F. The average molecular weight is 434 g/mol. The highest BCUT2D eigenvalue weighted by Gasteiger charge is 2.38. The van der Waals surface area contributed by atoms with E-state index in [9.17, 15) is 13.4 Å². The molecule has 0 aromatic heterocycles. The molecule has 0 bridgehead atoms. The summed E-state index contributed by atoms with van der Waals surface area (Å²) >= 11 is 0. The molecule has 0 saturated heterocycles. The molecule has 4 nitrogen and oxygen atoms in total. The van der Waals surface area contributed by atoms with Gasteiger partial charge in [-0.25, -0.2) is 8.60 Å². The first kappa shape index (κ1) is 20.5. The summed E-state index contributed by atoms with van der Waals surface area (Å²) in [7, 11) is -1.42. The van der Waals surface area contributed by atoms with Gasteiger partial charge in [-0.15, -0.1) is 0 Å². The third-order valence-corrected chi connectivity index (χ3v) is 9.05. The van der Waals surface area contributed by atoms with Crippen LogP contribution in [-0.4, -0.2) is 21.5 Å². The van der Waals surface area contributed by atoms with E-state index in [1.807, 2.05) is 0 Å². The van der Waals surface area contributed by atoms with Crippen LogP contribution in [0.5, 0.6) is 5.75 Å². The van der Waals surface area contributed by atoms with Crippen molar-refractivity contribution in [1.82, 2.24) is 4.72 Å². The molecule has 1 N–H and O–H groups in total. The zero-order valence-corrected chi connectivity index (χ0v) is 18.4. The maximum absolute atomic E-state index is 14.8. The van der Waals surface area contributed by atoms with Crippen LogP contribution in [-0.2, 0) is 11.0 Å². The van der Waals surface area contributed by atoms with E-state index >= 15 is 0 Å². The van der Waals surface area contributed by atoms with Crippen molar-refractivity contribution in [2.45, 2.75) is 101 Å². The Balaban J connectivity index is 1.28. The first-order chi connectivity index (χ1) is 14.5. The van der Waals surface area contributed by atoms with Crippen LogP contribution in [0, 0.1) is 11.2 Å². The van der Waals surface area contributed by atoms with Crippen LogP contribution in [0.15, 0.2) is 12.1 Å². The molecule has 4 saturated carbocycles. The highest BCUT2D eigenvalue weighted by molar-refractivity contribution is 7.84. The van der Waals surface area contributed by atoms with E-state index in [1.54, 1.807) is 6.07 Å². The Kier molecular flexibility index (Phi) is 5.63. The minimum atomic E-state index is -1.42. The van der Waals surface area contributed by atoms with Gasteiger partial charge >= 0.3 is 0 Å². The molecule has 30 heavy (non-hydrogen) atoms. The molecule has 0 aliphatic heterocycles. The van der Waals surface area contributed by atoms with E-state index in [4.69, 9.17) is 4.74 Å². The number of rotatable bonds is 6. The van der Waals surface area contributed by atoms with Gasteiger partial charge in [-0.3, -0.25) is 9.52 Å². The molecule has 1 aromatic carbocycles. The largest absolute Gasteiger partial charge is 0.490 e. The van der Waals surface area contributed by atoms with Gasteiger partial charge in [0, 0.05) is 6.07 Å². The average Bonchev–Trinajstić information content (AvgIpc) is 3.63. The molecule has 1 amide bonds. The van der Waals surface area contributed by atoms with Gasteiger partial charge in [0.15, 0.2) is 0 Å². The first-order valence-corrected chi connectivity index (χ1v) is 13.0. The van der Waals surface area contributed by atoms with Crippen molar-refractivity contribution in [2.75, 3.05) is 0 Å². The Hall–Kier alpha value is -1.43. The molecule has 0 heterocycles. The Labute approximate surface area is 180 Å². The molecule has 164 valence electrons. The van der Waals surface area contributed by atoms with Crippen LogP contribution in [0.1, 0.15) is 105 Å². The zero-order valence-electron chi connectivity index (χ0n) is 17.6. The second-order valence-corrected chi connectivity index (χ2v) is 11.4. The Morgan fingerprint density at radius 1 is 1.00 bits per heavy atom.